The lowest BCUT2D eigenvalue weighted by Crippen LogP contribution is -2.36. The van der Waals surface area contributed by atoms with E-state index in [1.54, 1.807) is 38.1 Å². The summed E-state index contributed by atoms with van der Waals surface area (Å²) in [6.45, 7) is 3.84. The van der Waals surface area contributed by atoms with Gasteiger partial charge in [0.25, 0.3) is 5.91 Å². The Labute approximate surface area is 121 Å². The van der Waals surface area contributed by atoms with E-state index in [2.05, 4.69) is 10.3 Å². The Hall–Kier alpha value is -2.63. The van der Waals surface area contributed by atoms with E-state index in [4.69, 9.17) is 4.74 Å². The molecule has 1 aromatic heterocycles. The van der Waals surface area contributed by atoms with E-state index in [1.807, 2.05) is 0 Å². The molecule has 0 bridgehead atoms. The van der Waals surface area contributed by atoms with Gasteiger partial charge in [0.1, 0.15) is 5.56 Å². The number of pyridine rings is 1. The van der Waals surface area contributed by atoms with Gasteiger partial charge in [0.2, 0.25) is 0 Å². The molecule has 0 saturated heterocycles. The number of carbonyl (C=O) groups excluding carboxylic acids is 1. The molecule has 1 aromatic carbocycles. The van der Waals surface area contributed by atoms with Gasteiger partial charge in [0.05, 0.1) is 11.7 Å². The van der Waals surface area contributed by atoms with Crippen LogP contribution in [0.5, 0.6) is 5.75 Å². The van der Waals surface area contributed by atoms with Crippen LogP contribution in [0.1, 0.15) is 24.2 Å². The molecule has 1 unspecified atom stereocenters. The summed E-state index contributed by atoms with van der Waals surface area (Å²) in [5, 5.41) is 12.5. The second-order valence-electron chi connectivity index (χ2n) is 4.47. The SMILES string of the molecule is CCNC(=O)C(C)Oc1cnc2ccccc2c1C(=O)O. The molecule has 0 radical (unpaired) electrons. The molecule has 6 nitrogen and oxygen atoms in total. The van der Waals surface area contributed by atoms with Gasteiger partial charge in [-0.05, 0) is 19.9 Å². The van der Waals surface area contributed by atoms with E-state index < -0.39 is 12.1 Å². The summed E-state index contributed by atoms with van der Waals surface area (Å²) >= 11 is 0. The maximum Gasteiger partial charge on any atom is 0.340 e. The van der Waals surface area contributed by atoms with Crippen LogP contribution >= 0.6 is 0 Å². The van der Waals surface area contributed by atoms with Gasteiger partial charge in [-0.3, -0.25) is 9.78 Å². The van der Waals surface area contributed by atoms with E-state index >= 15 is 0 Å². The smallest absolute Gasteiger partial charge is 0.340 e. The van der Waals surface area contributed by atoms with E-state index in [-0.39, 0.29) is 17.2 Å². The minimum Gasteiger partial charge on any atom is -0.478 e. The summed E-state index contributed by atoms with van der Waals surface area (Å²) in [6, 6.07) is 6.89. The minimum absolute atomic E-state index is 0.0109. The molecule has 1 atom stereocenters. The van der Waals surface area contributed by atoms with Gasteiger partial charge in [0, 0.05) is 11.9 Å². The standard InChI is InChI=1S/C15H16N2O4/c1-3-16-14(18)9(2)21-12-8-17-11-7-5-4-6-10(11)13(12)15(19)20/h4-9H,3H2,1-2H3,(H,16,18)(H,19,20). The number of aromatic carboxylic acids is 1. The second-order valence-corrected chi connectivity index (χ2v) is 4.47. The van der Waals surface area contributed by atoms with Crippen molar-refractivity contribution in [1.82, 2.24) is 10.3 Å². The number of carboxylic acids is 1. The number of para-hydroxylation sites is 1. The van der Waals surface area contributed by atoms with Gasteiger partial charge in [-0.25, -0.2) is 4.79 Å². The highest BCUT2D eigenvalue weighted by molar-refractivity contribution is 6.05. The molecule has 0 saturated carbocycles. The predicted octanol–water partition coefficient (Wildman–Crippen LogP) is 1.84. The molecule has 0 fully saturated rings. The van der Waals surface area contributed by atoms with E-state index in [0.717, 1.165) is 0 Å². The summed E-state index contributed by atoms with van der Waals surface area (Å²) in [6.07, 6.45) is 0.535. The van der Waals surface area contributed by atoms with Crippen LogP contribution in [0.15, 0.2) is 30.5 Å². The molecule has 0 aliphatic carbocycles. The largest absolute Gasteiger partial charge is 0.478 e. The Bertz CT molecular complexity index is 684. The number of rotatable bonds is 5. The average Bonchev–Trinajstić information content (AvgIpc) is 2.46. The molecule has 0 spiro atoms. The maximum atomic E-state index is 11.7. The third kappa shape index (κ3) is 3.10. The molecular formula is C15H16N2O4. The third-order valence-electron chi connectivity index (χ3n) is 2.98. The Morgan fingerprint density at radius 3 is 2.76 bits per heavy atom. The van der Waals surface area contributed by atoms with Gasteiger partial charge in [-0.15, -0.1) is 0 Å². The number of nitrogens with zero attached hydrogens (tertiary/aromatic N) is 1. The zero-order valence-electron chi connectivity index (χ0n) is 11.8. The normalized spacial score (nSPS) is 11.9. The molecule has 6 heteroatoms. The fourth-order valence-electron chi connectivity index (χ4n) is 1.99. The van der Waals surface area contributed by atoms with Crippen molar-refractivity contribution < 1.29 is 19.4 Å². The number of amides is 1. The van der Waals surface area contributed by atoms with E-state index in [9.17, 15) is 14.7 Å². The first-order valence-electron chi connectivity index (χ1n) is 6.60. The molecular weight excluding hydrogens is 272 g/mol. The van der Waals surface area contributed by atoms with Gasteiger partial charge in [0.15, 0.2) is 11.9 Å². The Morgan fingerprint density at radius 1 is 1.38 bits per heavy atom. The van der Waals surface area contributed by atoms with Crippen LogP contribution in [0, 0.1) is 0 Å². The number of ether oxygens (including phenoxy) is 1. The molecule has 110 valence electrons. The number of likely N-dealkylation sites (N-methyl/N-ethyl adjacent to an activating group) is 1. The van der Waals surface area contributed by atoms with Crippen LogP contribution in [0.3, 0.4) is 0 Å². The highest BCUT2D eigenvalue weighted by Crippen LogP contribution is 2.26. The quantitative estimate of drug-likeness (QED) is 0.876. The van der Waals surface area contributed by atoms with Crippen LogP contribution in [0.25, 0.3) is 10.9 Å². The number of fused-ring (bicyclic) bond motifs is 1. The number of nitrogens with one attached hydrogen (secondary N) is 1. The average molecular weight is 288 g/mol. The van der Waals surface area contributed by atoms with Crippen LogP contribution in [0.2, 0.25) is 0 Å². The summed E-state index contributed by atoms with van der Waals surface area (Å²) in [7, 11) is 0. The molecule has 0 aliphatic rings. The molecule has 2 rings (SSSR count). The molecule has 21 heavy (non-hydrogen) atoms. The second kappa shape index (κ2) is 6.21. The first kappa shape index (κ1) is 14.8. The van der Waals surface area contributed by atoms with Crippen molar-refractivity contribution >= 4 is 22.8 Å². The zero-order valence-corrected chi connectivity index (χ0v) is 11.8. The van der Waals surface area contributed by atoms with Crippen molar-refractivity contribution in [2.45, 2.75) is 20.0 Å². The van der Waals surface area contributed by atoms with Crippen LogP contribution in [-0.2, 0) is 4.79 Å². The monoisotopic (exact) mass is 288 g/mol. The lowest BCUT2D eigenvalue weighted by molar-refractivity contribution is -0.127. The highest BCUT2D eigenvalue weighted by Gasteiger charge is 2.21. The molecule has 2 N–H and O–H groups in total. The zero-order chi connectivity index (χ0) is 15.4. The van der Waals surface area contributed by atoms with Gasteiger partial charge in [-0.2, -0.15) is 0 Å². The summed E-state index contributed by atoms with van der Waals surface area (Å²) in [5.74, 6) is -1.34. The number of hydrogen-bond donors (Lipinski definition) is 2. The number of benzene rings is 1. The number of hydrogen-bond acceptors (Lipinski definition) is 4. The lowest BCUT2D eigenvalue weighted by atomic mass is 10.1. The predicted molar refractivity (Wildman–Crippen MR) is 77.5 cm³/mol. The third-order valence-corrected chi connectivity index (χ3v) is 2.98. The number of carbonyl (C=O) groups is 2. The highest BCUT2D eigenvalue weighted by atomic mass is 16.5. The van der Waals surface area contributed by atoms with Gasteiger partial charge in [-0.1, -0.05) is 18.2 Å². The van der Waals surface area contributed by atoms with Gasteiger partial charge >= 0.3 is 5.97 Å². The Morgan fingerprint density at radius 2 is 2.10 bits per heavy atom. The van der Waals surface area contributed by atoms with Crippen molar-refractivity contribution in [2.24, 2.45) is 0 Å². The fraction of sp³-hybridized carbons (Fsp3) is 0.267. The molecule has 1 heterocycles. The number of aromatic nitrogens is 1. The molecule has 1 amide bonds. The van der Waals surface area contributed by atoms with Crippen LogP contribution < -0.4 is 10.1 Å². The molecule has 2 aromatic rings. The molecule has 0 aliphatic heterocycles. The fourth-order valence-corrected chi connectivity index (χ4v) is 1.99. The number of carboxylic acid groups (broad SMARTS) is 1. The van der Waals surface area contributed by atoms with Crippen molar-refractivity contribution in [3.63, 3.8) is 0 Å². The minimum atomic E-state index is -1.12. The van der Waals surface area contributed by atoms with Crippen molar-refractivity contribution in [3.8, 4) is 5.75 Å². The summed E-state index contributed by atoms with van der Waals surface area (Å²) < 4.78 is 5.47. The lowest BCUT2D eigenvalue weighted by Gasteiger charge is -2.16. The summed E-state index contributed by atoms with van der Waals surface area (Å²) in [5.41, 5.74) is 0.574. The van der Waals surface area contributed by atoms with E-state index in [0.29, 0.717) is 17.4 Å². The van der Waals surface area contributed by atoms with Crippen LogP contribution in [0.4, 0.5) is 0 Å². The van der Waals surface area contributed by atoms with Crippen molar-refractivity contribution in [2.75, 3.05) is 6.54 Å². The van der Waals surface area contributed by atoms with Crippen molar-refractivity contribution in [1.29, 1.82) is 0 Å². The topological polar surface area (TPSA) is 88.5 Å². The maximum absolute atomic E-state index is 11.7. The summed E-state index contributed by atoms with van der Waals surface area (Å²) in [4.78, 5) is 27.4. The van der Waals surface area contributed by atoms with Crippen LogP contribution in [-0.4, -0.2) is 34.6 Å². The Kier molecular flexibility index (Phi) is 4.37. The first-order chi connectivity index (χ1) is 10.0. The first-order valence-corrected chi connectivity index (χ1v) is 6.60. The van der Waals surface area contributed by atoms with Crippen molar-refractivity contribution in [3.05, 3.63) is 36.0 Å². The Balaban J connectivity index is 2.42. The van der Waals surface area contributed by atoms with Gasteiger partial charge < -0.3 is 15.2 Å². The van der Waals surface area contributed by atoms with E-state index in [1.165, 1.54) is 6.20 Å².